The lowest BCUT2D eigenvalue weighted by Gasteiger charge is -2.09. The summed E-state index contributed by atoms with van der Waals surface area (Å²) in [5.41, 5.74) is 2.88. The first-order chi connectivity index (χ1) is 12.2. The molecule has 25 heavy (non-hydrogen) atoms. The predicted molar refractivity (Wildman–Crippen MR) is 97.9 cm³/mol. The number of ether oxygens (including phenoxy) is 1. The number of carbonyl (C=O) groups excluding carboxylic acids is 2. The Bertz CT molecular complexity index is 750. The number of rotatable bonds is 6. The molecular weight excluding hydrogens is 314 g/mol. The van der Waals surface area contributed by atoms with Gasteiger partial charge in [0, 0.05) is 5.69 Å². The second-order valence-electron chi connectivity index (χ2n) is 6.12. The molecule has 0 unspecified atom stereocenters. The molecule has 1 aliphatic carbocycles. The van der Waals surface area contributed by atoms with Crippen LogP contribution in [0.2, 0.25) is 0 Å². The fourth-order valence-corrected chi connectivity index (χ4v) is 2.86. The summed E-state index contributed by atoms with van der Waals surface area (Å²) in [6, 6.07) is 17.6. The van der Waals surface area contributed by atoms with Gasteiger partial charge in [-0.25, -0.2) is 0 Å². The van der Waals surface area contributed by atoms with Crippen LogP contribution in [0.15, 0.2) is 66.7 Å². The van der Waals surface area contributed by atoms with Gasteiger partial charge in [0.15, 0.2) is 6.61 Å². The molecule has 1 amide bonds. The van der Waals surface area contributed by atoms with Crippen molar-refractivity contribution >= 4 is 17.6 Å². The lowest BCUT2D eigenvalue weighted by Crippen LogP contribution is -2.21. The molecule has 0 fully saturated rings. The molecule has 0 saturated carbocycles. The first-order valence-corrected chi connectivity index (χ1v) is 8.48. The first kappa shape index (κ1) is 17.0. The van der Waals surface area contributed by atoms with Crippen LogP contribution in [0.3, 0.4) is 0 Å². The SMILES string of the molecule is O=C(COC(=O)C[C@H]1C=CCC1)Nc1ccc(-c2ccccc2)cc1. The summed E-state index contributed by atoms with van der Waals surface area (Å²) in [5, 5.41) is 2.74. The van der Waals surface area contributed by atoms with Crippen LogP contribution < -0.4 is 5.32 Å². The van der Waals surface area contributed by atoms with Crippen molar-refractivity contribution in [1.82, 2.24) is 0 Å². The Morgan fingerprint density at radius 2 is 1.72 bits per heavy atom. The number of allylic oxidation sites excluding steroid dienone is 2. The van der Waals surface area contributed by atoms with Gasteiger partial charge >= 0.3 is 5.97 Å². The number of benzene rings is 2. The van der Waals surface area contributed by atoms with Crippen LogP contribution in [0.25, 0.3) is 11.1 Å². The standard InChI is InChI=1S/C21H21NO3/c23-20(15-25-21(24)14-16-6-4-5-7-16)22-19-12-10-18(11-13-19)17-8-2-1-3-9-17/h1-4,6,8-13,16H,5,7,14-15H2,(H,22,23)/t16-/m0/s1. The van der Waals surface area contributed by atoms with E-state index < -0.39 is 0 Å². The van der Waals surface area contributed by atoms with Crippen molar-refractivity contribution in [2.24, 2.45) is 5.92 Å². The van der Waals surface area contributed by atoms with E-state index in [1.54, 1.807) is 0 Å². The molecular formula is C21H21NO3. The van der Waals surface area contributed by atoms with Crippen LogP contribution in [0.4, 0.5) is 5.69 Å². The van der Waals surface area contributed by atoms with E-state index >= 15 is 0 Å². The summed E-state index contributed by atoms with van der Waals surface area (Å²) in [6.07, 6.45) is 6.45. The first-order valence-electron chi connectivity index (χ1n) is 8.48. The molecule has 128 valence electrons. The lowest BCUT2D eigenvalue weighted by atomic mass is 10.1. The molecule has 0 aliphatic heterocycles. The second-order valence-corrected chi connectivity index (χ2v) is 6.12. The van der Waals surface area contributed by atoms with Crippen molar-refractivity contribution in [3.05, 3.63) is 66.7 Å². The smallest absolute Gasteiger partial charge is 0.306 e. The van der Waals surface area contributed by atoms with Gasteiger partial charge in [-0.05, 0) is 42.0 Å². The van der Waals surface area contributed by atoms with E-state index in [-0.39, 0.29) is 24.4 Å². The zero-order valence-electron chi connectivity index (χ0n) is 14.0. The molecule has 1 atom stereocenters. The van der Waals surface area contributed by atoms with Gasteiger partial charge < -0.3 is 10.1 Å². The zero-order valence-corrected chi connectivity index (χ0v) is 14.0. The van der Waals surface area contributed by atoms with Gasteiger partial charge in [0.1, 0.15) is 0 Å². The fraction of sp³-hybridized carbons (Fsp3) is 0.238. The highest BCUT2D eigenvalue weighted by Gasteiger charge is 2.16. The van der Waals surface area contributed by atoms with Crippen molar-refractivity contribution in [3.8, 4) is 11.1 Å². The number of hydrogen-bond acceptors (Lipinski definition) is 3. The summed E-state index contributed by atoms with van der Waals surface area (Å²) >= 11 is 0. The largest absolute Gasteiger partial charge is 0.456 e. The Balaban J connectivity index is 1.46. The molecule has 2 aromatic carbocycles. The van der Waals surface area contributed by atoms with E-state index in [4.69, 9.17) is 4.74 Å². The molecule has 0 bridgehead atoms. The van der Waals surface area contributed by atoms with Crippen LogP contribution in [0, 0.1) is 5.92 Å². The minimum Gasteiger partial charge on any atom is -0.456 e. The van der Waals surface area contributed by atoms with E-state index in [9.17, 15) is 9.59 Å². The summed E-state index contributed by atoms with van der Waals surface area (Å²) in [4.78, 5) is 23.6. The average molecular weight is 335 g/mol. The van der Waals surface area contributed by atoms with Crippen molar-refractivity contribution in [2.45, 2.75) is 19.3 Å². The summed E-state index contributed by atoms with van der Waals surface area (Å²) in [5.74, 6) is -0.407. The van der Waals surface area contributed by atoms with Crippen molar-refractivity contribution in [2.75, 3.05) is 11.9 Å². The highest BCUT2D eigenvalue weighted by atomic mass is 16.5. The minimum atomic E-state index is -0.331. The van der Waals surface area contributed by atoms with Gasteiger partial charge in [-0.1, -0.05) is 54.6 Å². The molecule has 1 N–H and O–H groups in total. The Morgan fingerprint density at radius 1 is 1.00 bits per heavy atom. The normalized spacial score (nSPS) is 15.8. The van der Waals surface area contributed by atoms with Crippen LogP contribution in [0.1, 0.15) is 19.3 Å². The maximum absolute atomic E-state index is 11.9. The Kier molecular flexibility index (Phi) is 5.62. The van der Waals surface area contributed by atoms with E-state index in [1.807, 2.05) is 60.7 Å². The zero-order chi connectivity index (χ0) is 17.5. The fourth-order valence-electron chi connectivity index (χ4n) is 2.86. The van der Waals surface area contributed by atoms with Gasteiger partial charge in [0.2, 0.25) is 0 Å². The Hall–Kier alpha value is -2.88. The van der Waals surface area contributed by atoms with Gasteiger partial charge in [-0.3, -0.25) is 9.59 Å². The van der Waals surface area contributed by atoms with Crippen LogP contribution in [-0.4, -0.2) is 18.5 Å². The molecule has 0 spiro atoms. The monoisotopic (exact) mass is 335 g/mol. The maximum Gasteiger partial charge on any atom is 0.306 e. The van der Waals surface area contributed by atoms with E-state index in [0.717, 1.165) is 24.0 Å². The molecule has 0 aromatic heterocycles. The molecule has 0 heterocycles. The van der Waals surface area contributed by atoms with Crippen molar-refractivity contribution in [3.63, 3.8) is 0 Å². The third-order valence-corrected chi connectivity index (χ3v) is 4.18. The van der Waals surface area contributed by atoms with Crippen molar-refractivity contribution < 1.29 is 14.3 Å². The Morgan fingerprint density at radius 3 is 2.40 bits per heavy atom. The number of esters is 1. The van der Waals surface area contributed by atoms with E-state index in [0.29, 0.717) is 12.1 Å². The highest BCUT2D eigenvalue weighted by Crippen LogP contribution is 2.22. The number of anilines is 1. The summed E-state index contributed by atoms with van der Waals surface area (Å²) in [7, 11) is 0. The third-order valence-electron chi connectivity index (χ3n) is 4.18. The molecule has 3 rings (SSSR count). The van der Waals surface area contributed by atoms with Gasteiger partial charge in [0.05, 0.1) is 6.42 Å². The predicted octanol–water partition coefficient (Wildman–Crippen LogP) is 4.19. The topological polar surface area (TPSA) is 55.4 Å². The number of hydrogen-bond donors (Lipinski definition) is 1. The van der Waals surface area contributed by atoms with Crippen LogP contribution in [0.5, 0.6) is 0 Å². The van der Waals surface area contributed by atoms with Gasteiger partial charge in [-0.2, -0.15) is 0 Å². The molecule has 0 radical (unpaired) electrons. The van der Waals surface area contributed by atoms with Crippen molar-refractivity contribution in [1.29, 1.82) is 0 Å². The summed E-state index contributed by atoms with van der Waals surface area (Å²) in [6.45, 7) is -0.254. The summed E-state index contributed by atoms with van der Waals surface area (Å²) < 4.78 is 5.05. The maximum atomic E-state index is 11.9. The molecule has 4 heteroatoms. The van der Waals surface area contributed by atoms with Gasteiger partial charge in [0.25, 0.3) is 5.91 Å². The quantitative estimate of drug-likeness (QED) is 0.636. The van der Waals surface area contributed by atoms with Crippen LogP contribution >= 0.6 is 0 Å². The number of nitrogens with one attached hydrogen (secondary N) is 1. The highest BCUT2D eigenvalue weighted by molar-refractivity contribution is 5.93. The minimum absolute atomic E-state index is 0.251. The number of carbonyl (C=O) groups is 2. The van der Waals surface area contributed by atoms with E-state index in [2.05, 4.69) is 11.4 Å². The second kappa shape index (κ2) is 8.29. The number of amides is 1. The molecule has 0 saturated heterocycles. The third kappa shape index (κ3) is 5.05. The molecule has 4 nitrogen and oxygen atoms in total. The van der Waals surface area contributed by atoms with Gasteiger partial charge in [-0.15, -0.1) is 0 Å². The molecule has 2 aromatic rings. The Labute approximate surface area is 147 Å². The van der Waals surface area contributed by atoms with E-state index in [1.165, 1.54) is 0 Å². The average Bonchev–Trinajstić information content (AvgIpc) is 3.14. The molecule has 1 aliphatic rings. The lowest BCUT2D eigenvalue weighted by molar-refractivity contribution is -0.147. The van der Waals surface area contributed by atoms with Crippen LogP contribution in [-0.2, 0) is 14.3 Å².